The van der Waals surface area contributed by atoms with E-state index in [-0.39, 0.29) is 9.79 Å². The molecule has 0 aliphatic carbocycles. The molecule has 1 aromatic heterocycles. The quantitative estimate of drug-likeness (QED) is 0.667. The van der Waals surface area contributed by atoms with Crippen molar-refractivity contribution in [1.82, 2.24) is 9.78 Å². The number of hydrogen-bond acceptors (Lipinski definition) is 5. The Morgan fingerprint density at radius 3 is 2.45 bits per heavy atom. The largest absolute Gasteiger partial charge is 0.279 e. The zero-order chi connectivity index (χ0) is 20.6. The Labute approximate surface area is 169 Å². The Bertz CT molecular complexity index is 1250. The van der Waals surface area contributed by atoms with Crippen LogP contribution in [0.15, 0.2) is 70.7 Å². The van der Waals surface area contributed by atoms with Crippen molar-refractivity contribution in [2.75, 3.05) is 15.6 Å². The summed E-state index contributed by atoms with van der Waals surface area (Å²) in [4.78, 5) is 0.237. The third-order valence-electron chi connectivity index (χ3n) is 4.74. The number of nitrogens with zero attached hydrogens (tertiary/aromatic N) is 3. The van der Waals surface area contributed by atoms with Gasteiger partial charge in [-0.15, -0.1) is 0 Å². The smallest absolute Gasteiger partial charge is 0.265 e. The summed E-state index contributed by atoms with van der Waals surface area (Å²) in [6.07, 6.45) is 4.07. The lowest BCUT2D eigenvalue weighted by Crippen LogP contribution is -2.35. The van der Waals surface area contributed by atoms with E-state index >= 15 is 0 Å². The number of nitrogens with one attached hydrogen (secondary N) is 1. The maximum Gasteiger partial charge on any atom is 0.265 e. The molecule has 1 aliphatic heterocycles. The van der Waals surface area contributed by atoms with Gasteiger partial charge < -0.3 is 0 Å². The fraction of sp³-hybridized carbons (Fsp3) is 0.211. The van der Waals surface area contributed by atoms with Crippen LogP contribution in [0.25, 0.3) is 0 Å². The second kappa shape index (κ2) is 7.20. The highest BCUT2D eigenvalue weighted by Crippen LogP contribution is 2.34. The highest BCUT2D eigenvalue weighted by Gasteiger charge is 2.29. The average Bonchev–Trinajstić information content (AvgIpc) is 3.15. The lowest BCUT2D eigenvalue weighted by molar-refractivity contribution is 0.586. The van der Waals surface area contributed by atoms with Gasteiger partial charge in [0, 0.05) is 19.8 Å². The Balaban J connectivity index is 1.71. The topological polar surface area (TPSA) is 101 Å². The maximum absolute atomic E-state index is 13.1. The Hall–Kier alpha value is -2.85. The Morgan fingerprint density at radius 2 is 1.76 bits per heavy atom. The molecule has 3 aromatic rings. The first kappa shape index (κ1) is 19.5. The Kier molecular flexibility index (Phi) is 4.83. The average molecular weight is 433 g/mol. The van der Waals surface area contributed by atoms with Crippen molar-refractivity contribution in [3.63, 3.8) is 0 Å². The zero-order valence-electron chi connectivity index (χ0n) is 15.7. The van der Waals surface area contributed by atoms with Crippen molar-refractivity contribution in [2.45, 2.75) is 22.6 Å². The van der Waals surface area contributed by atoms with Crippen LogP contribution in [0.2, 0.25) is 0 Å². The van der Waals surface area contributed by atoms with Crippen LogP contribution < -0.4 is 9.03 Å². The van der Waals surface area contributed by atoms with E-state index in [1.165, 1.54) is 21.4 Å². The lowest BCUT2D eigenvalue weighted by atomic mass is 10.0. The molecule has 2 aromatic carbocycles. The molecule has 0 bridgehead atoms. The van der Waals surface area contributed by atoms with E-state index in [0.29, 0.717) is 24.3 Å². The van der Waals surface area contributed by atoms with E-state index in [1.807, 2.05) is 0 Å². The molecule has 0 saturated carbocycles. The first-order valence-corrected chi connectivity index (χ1v) is 11.9. The first-order valence-electron chi connectivity index (χ1n) is 8.99. The standard InChI is InChI=1S/C19H20N4O4S2/c1-22-14-18(13-20-22)28(24,25)21-16-10-9-15-6-5-11-23(19(15)12-16)29(26,27)17-7-3-2-4-8-17/h2-4,7-10,12-14,21H,5-6,11H2,1H3. The van der Waals surface area contributed by atoms with Crippen LogP contribution >= 0.6 is 0 Å². The van der Waals surface area contributed by atoms with Crippen molar-refractivity contribution >= 4 is 31.4 Å². The molecular weight excluding hydrogens is 412 g/mol. The zero-order valence-corrected chi connectivity index (χ0v) is 17.3. The fourth-order valence-electron chi connectivity index (χ4n) is 3.33. The summed E-state index contributed by atoms with van der Waals surface area (Å²) >= 11 is 0. The van der Waals surface area contributed by atoms with Crippen LogP contribution in [0.5, 0.6) is 0 Å². The molecule has 0 fully saturated rings. The van der Waals surface area contributed by atoms with Gasteiger partial charge in [0.05, 0.1) is 22.5 Å². The summed E-state index contributed by atoms with van der Waals surface area (Å²) < 4.78 is 56.7. The molecule has 0 radical (unpaired) electrons. The SMILES string of the molecule is Cn1cc(S(=O)(=O)Nc2ccc3c(c2)N(S(=O)(=O)c2ccccc2)CCC3)cn1. The number of fused-ring (bicyclic) bond motifs is 1. The number of anilines is 2. The molecule has 1 N–H and O–H groups in total. The normalized spacial score (nSPS) is 14.4. The second-order valence-corrected chi connectivity index (χ2v) is 10.3. The van der Waals surface area contributed by atoms with E-state index in [1.54, 1.807) is 55.6 Å². The summed E-state index contributed by atoms with van der Waals surface area (Å²) in [5.41, 5.74) is 1.65. The van der Waals surface area contributed by atoms with Gasteiger partial charge in [-0.3, -0.25) is 13.7 Å². The van der Waals surface area contributed by atoms with E-state index in [4.69, 9.17) is 0 Å². The fourth-order valence-corrected chi connectivity index (χ4v) is 5.91. The van der Waals surface area contributed by atoms with Crippen LogP contribution in [0, 0.1) is 0 Å². The van der Waals surface area contributed by atoms with Gasteiger partial charge in [-0.2, -0.15) is 5.10 Å². The summed E-state index contributed by atoms with van der Waals surface area (Å²) in [7, 11) is -5.94. The van der Waals surface area contributed by atoms with Gasteiger partial charge in [-0.1, -0.05) is 24.3 Å². The number of aromatic nitrogens is 2. The van der Waals surface area contributed by atoms with Crippen LogP contribution in [0.1, 0.15) is 12.0 Å². The lowest BCUT2D eigenvalue weighted by Gasteiger charge is -2.31. The van der Waals surface area contributed by atoms with E-state index < -0.39 is 20.0 Å². The Morgan fingerprint density at radius 1 is 1.00 bits per heavy atom. The number of rotatable bonds is 5. The second-order valence-electron chi connectivity index (χ2n) is 6.79. The van der Waals surface area contributed by atoms with Crippen LogP contribution in [-0.4, -0.2) is 33.2 Å². The van der Waals surface area contributed by atoms with Gasteiger partial charge in [0.25, 0.3) is 20.0 Å². The summed E-state index contributed by atoms with van der Waals surface area (Å²) in [5.74, 6) is 0. The third kappa shape index (κ3) is 3.73. The first-order chi connectivity index (χ1) is 13.8. The third-order valence-corrected chi connectivity index (χ3v) is 7.90. The molecule has 0 unspecified atom stereocenters. The highest BCUT2D eigenvalue weighted by molar-refractivity contribution is 7.93. The molecule has 10 heteroatoms. The molecule has 1 aliphatic rings. The highest BCUT2D eigenvalue weighted by atomic mass is 32.2. The molecular formula is C19H20N4O4S2. The molecule has 29 heavy (non-hydrogen) atoms. The predicted octanol–water partition coefficient (Wildman–Crippen LogP) is 2.36. The van der Waals surface area contributed by atoms with Crippen molar-refractivity contribution < 1.29 is 16.8 Å². The van der Waals surface area contributed by atoms with Gasteiger partial charge >= 0.3 is 0 Å². The van der Waals surface area contributed by atoms with E-state index in [9.17, 15) is 16.8 Å². The summed E-state index contributed by atoms with van der Waals surface area (Å²) in [6.45, 7) is 0.336. The summed E-state index contributed by atoms with van der Waals surface area (Å²) in [5, 5.41) is 3.88. The minimum Gasteiger partial charge on any atom is -0.279 e. The molecule has 0 spiro atoms. The van der Waals surface area contributed by atoms with E-state index in [0.717, 1.165) is 12.0 Å². The number of sulfonamides is 2. The molecule has 0 atom stereocenters. The van der Waals surface area contributed by atoms with Gasteiger partial charge in [0.2, 0.25) is 0 Å². The van der Waals surface area contributed by atoms with Crippen LogP contribution in [0.4, 0.5) is 11.4 Å². The maximum atomic E-state index is 13.1. The molecule has 0 saturated heterocycles. The van der Waals surface area contributed by atoms with E-state index in [2.05, 4.69) is 9.82 Å². The molecule has 4 rings (SSSR count). The molecule has 8 nitrogen and oxygen atoms in total. The van der Waals surface area contributed by atoms with Crippen LogP contribution in [0.3, 0.4) is 0 Å². The van der Waals surface area contributed by atoms with Gasteiger partial charge in [-0.25, -0.2) is 16.8 Å². The molecule has 2 heterocycles. The van der Waals surface area contributed by atoms with Crippen molar-refractivity contribution in [1.29, 1.82) is 0 Å². The van der Waals surface area contributed by atoms with Crippen LogP contribution in [-0.2, 0) is 33.5 Å². The van der Waals surface area contributed by atoms with Crippen molar-refractivity contribution in [3.8, 4) is 0 Å². The monoisotopic (exact) mass is 432 g/mol. The summed E-state index contributed by atoms with van der Waals surface area (Å²) in [6, 6.07) is 13.2. The minimum absolute atomic E-state index is 0.0338. The number of aryl methyl sites for hydroxylation is 2. The van der Waals surface area contributed by atoms with Crippen molar-refractivity contribution in [2.24, 2.45) is 7.05 Å². The number of benzene rings is 2. The van der Waals surface area contributed by atoms with Gasteiger partial charge in [0.1, 0.15) is 4.90 Å². The number of hydrogen-bond donors (Lipinski definition) is 1. The van der Waals surface area contributed by atoms with Crippen molar-refractivity contribution in [3.05, 3.63) is 66.5 Å². The molecule has 0 amide bonds. The molecule has 152 valence electrons. The minimum atomic E-state index is -3.83. The van der Waals surface area contributed by atoms with Gasteiger partial charge in [0.15, 0.2) is 0 Å². The predicted molar refractivity (Wildman–Crippen MR) is 110 cm³/mol. The van der Waals surface area contributed by atoms with Gasteiger partial charge in [-0.05, 0) is 42.7 Å².